The van der Waals surface area contributed by atoms with Gasteiger partial charge in [0, 0.05) is 44.0 Å². The number of carbonyl (C=O) groups is 1. The molecule has 0 aliphatic carbocycles. The number of amides is 1. The topological polar surface area (TPSA) is 180 Å². The molecule has 1 aromatic heterocycles. The van der Waals surface area contributed by atoms with Crippen molar-refractivity contribution in [2.45, 2.75) is 47.5 Å². The summed E-state index contributed by atoms with van der Waals surface area (Å²) >= 11 is 0. The highest BCUT2D eigenvalue weighted by molar-refractivity contribution is 6.01. The fraction of sp³-hybridized carbons (Fsp3) is 0.519. The molecule has 0 bridgehead atoms. The van der Waals surface area contributed by atoms with E-state index in [1.807, 2.05) is 18.1 Å². The van der Waals surface area contributed by atoms with Crippen LogP contribution in [-0.2, 0) is 23.7 Å². The lowest BCUT2D eigenvalue weighted by Gasteiger charge is -2.14. The van der Waals surface area contributed by atoms with Gasteiger partial charge < -0.3 is 34.1 Å². The number of allylic oxidation sites excluding steroid dienone is 1. The summed E-state index contributed by atoms with van der Waals surface area (Å²) in [5.74, 6) is -0.0256. The molecule has 41 heavy (non-hydrogen) atoms. The van der Waals surface area contributed by atoms with E-state index in [0.29, 0.717) is 55.7 Å². The molecule has 228 valence electrons. The highest BCUT2D eigenvalue weighted by Crippen LogP contribution is 2.25. The molecular weight excluding hydrogens is 532 g/mol. The zero-order chi connectivity index (χ0) is 30.0. The summed E-state index contributed by atoms with van der Waals surface area (Å²) in [6, 6.07) is 4.84. The van der Waals surface area contributed by atoms with E-state index in [-0.39, 0.29) is 38.0 Å². The van der Waals surface area contributed by atoms with Gasteiger partial charge in [0.15, 0.2) is 5.90 Å². The first kappa shape index (κ1) is 33.4. The van der Waals surface area contributed by atoms with Gasteiger partial charge in [0.05, 0.1) is 52.6 Å². The van der Waals surface area contributed by atoms with E-state index < -0.39 is 0 Å². The molecule has 0 saturated carbocycles. The van der Waals surface area contributed by atoms with Crippen LogP contribution in [-0.4, -0.2) is 79.1 Å². The first-order chi connectivity index (χ1) is 19.7. The fourth-order valence-electron chi connectivity index (χ4n) is 3.25. The molecule has 2 aromatic rings. The van der Waals surface area contributed by atoms with Crippen LogP contribution in [0.3, 0.4) is 0 Å². The van der Waals surface area contributed by atoms with Crippen molar-refractivity contribution in [1.29, 1.82) is 10.8 Å². The van der Waals surface area contributed by atoms with Crippen LogP contribution < -0.4 is 16.3 Å². The molecule has 1 aliphatic heterocycles. The number of hydrogen-bond acceptors (Lipinski definition) is 13. The number of ether oxygens (including phenoxy) is 4. The number of rotatable bonds is 15. The van der Waals surface area contributed by atoms with Crippen molar-refractivity contribution < 1.29 is 29.6 Å². The molecule has 1 amide bonds. The van der Waals surface area contributed by atoms with E-state index in [4.69, 9.17) is 34.2 Å². The second-order valence-electron chi connectivity index (χ2n) is 9.00. The zero-order valence-electron chi connectivity index (χ0n) is 24.5. The van der Waals surface area contributed by atoms with E-state index in [2.05, 4.69) is 40.3 Å². The van der Waals surface area contributed by atoms with Crippen LogP contribution in [0.25, 0.3) is 11.5 Å². The van der Waals surface area contributed by atoms with E-state index in [0.717, 1.165) is 12.2 Å². The summed E-state index contributed by atoms with van der Waals surface area (Å²) in [5.41, 5.74) is 8.28. The average Bonchev–Trinajstić information content (AvgIpc) is 3.54. The highest BCUT2D eigenvalue weighted by atomic mass is 16.5. The van der Waals surface area contributed by atoms with Gasteiger partial charge in [0.2, 0.25) is 23.6 Å². The monoisotopic (exact) mass is 576 g/mol. The Kier molecular flexibility index (Phi) is 15.0. The molecule has 0 radical (unpaired) electrons. The van der Waals surface area contributed by atoms with Gasteiger partial charge in [-0.25, -0.2) is 0 Å². The maximum absolute atomic E-state index is 12.4. The molecule has 0 fully saturated rings. The van der Waals surface area contributed by atoms with Crippen LogP contribution in [0.15, 0.2) is 34.5 Å². The molecule has 1 aromatic carbocycles. The Hall–Kier alpha value is -3.85. The zero-order valence-corrected chi connectivity index (χ0v) is 24.5. The number of hydrazine groups is 2. The van der Waals surface area contributed by atoms with Crippen molar-refractivity contribution >= 4 is 23.4 Å². The maximum atomic E-state index is 12.4. The highest BCUT2D eigenvalue weighted by Gasteiger charge is 2.14. The smallest absolute Gasteiger partial charge is 0.247 e. The minimum absolute atomic E-state index is 0. The SMILES string of the molecule is CC(=N)OC(=N)c1cc(NC(=O)CCOCCOCCOCCN2C=C(C)NN2)cc(-c2nnc(C)o2)c1.CCC.[HH]. The quantitative estimate of drug-likeness (QED) is 0.119. The Morgan fingerprint density at radius 2 is 1.68 bits per heavy atom. The Balaban J connectivity index is 0.00000211. The Morgan fingerprint density at radius 3 is 2.27 bits per heavy atom. The van der Waals surface area contributed by atoms with Crippen LogP contribution in [0, 0.1) is 17.7 Å². The predicted molar refractivity (Wildman–Crippen MR) is 156 cm³/mol. The lowest BCUT2D eigenvalue weighted by Crippen LogP contribution is -2.38. The van der Waals surface area contributed by atoms with E-state index in [1.165, 1.54) is 13.3 Å². The van der Waals surface area contributed by atoms with Crippen LogP contribution in [0.1, 0.15) is 53.4 Å². The molecule has 3 rings (SSSR count). The standard InChI is InChI=1S/C24H34N8O6.C3H8.H2/c1-16-15-32(31-28-16)5-7-35-9-11-36-10-8-34-6-4-22(33)27-21-13-19(23(26)37-17(2)25)12-20(14-21)24-30-29-18(3)38-24;1-3-2;/h12-15,25-26,28,31H,4-11H2,1-3H3,(H,27,33);3H2,1-2H3;1H. The lowest BCUT2D eigenvalue weighted by molar-refractivity contribution is -0.117. The number of carbonyl (C=O) groups excluding carboxylic acids is 1. The molecule has 0 spiro atoms. The first-order valence-corrected chi connectivity index (χ1v) is 13.5. The third-order valence-electron chi connectivity index (χ3n) is 4.95. The van der Waals surface area contributed by atoms with Gasteiger partial charge in [0.1, 0.15) is 0 Å². The van der Waals surface area contributed by atoms with Crippen LogP contribution >= 0.6 is 0 Å². The molecule has 5 N–H and O–H groups in total. The minimum Gasteiger partial charge on any atom is -0.426 e. The number of benzene rings is 1. The fourth-order valence-corrected chi connectivity index (χ4v) is 3.25. The summed E-state index contributed by atoms with van der Waals surface area (Å²) in [4.78, 5) is 12.4. The average molecular weight is 577 g/mol. The van der Waals surface area contributed by atoms with Crippen LogP contribution in [0.2, 0.25) is 0 Å². The van der Waals surface area contributed by atoms with Gasteiger partial charge in [-0.2, -0.15) is 0 Å². The van der Waals surface area contributed by atoms with Gasteiger partial charge in [-0.05, 0) is 25.1 Å². The molecule has 14 heteroatoms. The normalized spacial score (nSPS) is 12.2. The summed E-state index contributed by atoms with van der Waals surface area (Å²) < 4.78 is 27.0. The van der Waals surface area contributed by atoms with E-state index >= 15 is 0 Å². The van der Waals surface area contributed by atoms with Crippen molar-refractivity contribution in [1.82, 2.24) is 26.2 Å². The molecule has 0 atom stereocenters. The summed E-state index contributed by atoms with van der Waals surface area (Å²) in [5, 5.41) is 28.1. The Labute approximate surface area is 242 Å². The van der Waals surface area contributed by atoms with E-state index in [9.17, 15) is 4.79 Å². The maximum Gasteiger partial charge on any atom is 0.247 e. The second kappa shape index (κ2) is 18.5. The third-order valence-corrected chi connectivity index (χ3v) is 4.95. The van der Waals surface area contributed by atoms with Crippen LogP contribution in [0.5, 0.6) is 0 Å². The van der Waals surface area contributed by atoms with Gasteiger partial charge in [-0.1, -0.05) is 20.3 Å². The molecule has 14 nitrogen and oxygen atoms in total. The van der Waals surface area contributed by atoms with Crippen molar-refractivity contribution in [3.63, 3.8) is 0 Å². The number of aryl methyl sites for hydroxylation is 1. The number of aromatic nitrogens is 2. The van der Waals surface area contributed by atoms with Crippen molar-refractivity contribution in [3.8, 4) is 11.5 Å². The summed E-state index contributed by atoms with van der Waals surface area (Å²) in [6.45, 7) is 12.5. The lowest BCUT2D eigenvalue weighted by atomic mass is 10.1. The third kappa shape index (κ3) is 13.4. The summed E-state index contributed by atoms with van der Waals surface area (Å²) in [7, 11) is 0. The molecular formula is C27H44N8O6. The number of anilines is 1. The van der Waals surface area contributed by atoms with Crippen molar-refractivity contribution in [2.24, 2.45) is 0 Å². The van der Waals surface area contributed by atoms with Crippen molar-refractivity contribution in [3.05, 3.63) is 41.6 Å². The van der Waals surface area contributed by atoms with E-state index in [1.54, 1.807) is 25.1 Å². The van der Waals surface area contributed by atoms with Crippen LogP contribution in [0.4, 0.5) is 5.69 Å². The Morgan fingerprint density at radius 1 is 1.02 bits per heavy atom. The molecule has 1 aliphatic rings. The molecule has 0 unspecified atom stereocenters. The van der Waals surface area contributed by atoms with Gasteiger partial charge in [-0.15, -0.1) is 15.7 Å². The number of nitrogens with zero attached hydrogens (tertiary/aromatic N) is 3. The minimum atomic E-state index is -0.271. The van der Waals surface area contributed by atoms with Gasteiger partial charge in [-0.3, -0.25) is 20.6 Å². The molecule has 2 heterocycles. The molecule has 0 saturated heterocycles. The number of nitrogens with one attached hydrogen (secondary N) is 5. The van der Waals surface area contributed by atoms with Gasteiger partial charge in [0.25, 0.3) is 0 Å². The largest absolute Gasteiger partial charge is 0.426 e. The second-order valence-corrected chi connectivity index (χ2v) is 9.00. The van der Waals surface area contributed by atoms with Crippen molar-refractivity contribution in [2.75, 3.05) is 51.5 Å². The number of hydrogen-bond donors (Lipinski definition) is 5. The Bertz CT molecular complexity index is 1160. The van der Waals surface area contributed by atoms with Gasteiger partial charge >= 0.3 is 0 Å². The summed E-state index contributed by atoms with van der Waals surface area (Å²) in [6.07, 6.45) is 3.34. The first-order valence-electron chi connectivity index (χ1n) is 13.5. The predicted octanol–water partition coefficient (Wildman–Crippen LogP) is 3.61.